The number of hydrogen-bond acceptors (Lipinski definition) is 6. The van der Waals surface area contributed by atoms with Gasteiger partial charge in [-0.1, -0.05) is 0 Å². The number of fused-ring (bicyclic) bond motifs is 1. The van der Waals surface area contributed by atoms with Crippen molar-refractivity contribution >= 4 is 29.3 Å². The van der Waals surface area contributed by atoms with E-state index in [-0.39, 0.29) is 19.7 Å². The zero-order valence-electron chi connectivity index (χ0n) is 11.2. The summed E-state index contributed by atoms with van der Waals surface area (Å²) >= 11 is 1.53. The van der Waals surface area contributed by atoms with Gasteiger partial charge in [0.05, 0.1) is 13.1 Å². The topological polar surface area (TPSA) is 87.2 Å². The van der Waals surface area contributed by atoms with Crippen molar-refractivity contribution in [2.75, 3.05) is 26.2 Å². The van der Waals surface area contributed by atoms with Gasteiger partial charge in [-0.25, -0.2) is 9.69 Å². The molecule has 0 saturated carbocycles. The molecule has 7 nitrogen and oxygen atoms in total. The number of cyclic esters (lactones) is 1. The van der Waals surface area contributed by atoms with Gasteiger partial charge in [0.2, 0.25) is 5.91 Å². The van der Waals surface area contributed by atoms with E-state index < -0.39 is 24.0 Å². The van der Waals surface area contributed by atoms with Crippen molar-refractivity contribution < 1.29 is 24.2 Å². The molecule has 2 aliphatic rings. The Morgan fingerprint density at radius 1 is 1.43 bits per heavy atom. The summed E-state index contributed by atoms with van der Waals surface area (Å²) in [6.07, 6.45) is 0.0641. The number of ether oxygens (including phenoxy) is 1. The summed E-state index contributed by atoms with van der Waals surface area (Å²) in [5.74, 6) is -1.39. The van der Waals surface area contributed by atoms with Crippen LogP contribution in [0, 0.1) is 0 Å². The van der Waals surface area contributed by atoms with Gasteiger partial charge in [-0.3, -0.25) is 14.5 Å². The first-order valence-corrected chi connectivity index (χ1v) is 7.46. The summed E-state index contributed by atoms with van der Waals surface area (Å²) in [5.41, 5.74) is 0.746. The van der Waals surface area contributed by atoms with Gasteiger partial charge in [-0.15, -0.1) is 11.3 Å². The molecule has 2 amide bonds. The third-order valence-corrected chi connectivity index (χ3v) is 4.70. The number of thiophene rings is 1. The van der Waals surface area contributed by atoms with E-state index in [4.69, 9.17) is 4.74 Å². The summed E-state index contributed by atoms with van der Waals surface area (Å²) in [7, 11) is 0. The van der Waals surface area contributed by atoms with Crippen LogP contribution in [0.5, 0.6) is 0 Å². The number of nitrogens with zero attached hydrogens (tertiary/aromatic N) is 2. The lowest BCUT2D eigenvalue weighted by atomic mass is 10.00. The van der Waals surface area contributed by atoms with E-state index in [0.29, 0.717) is 13.0 Å². The normalized spacial score (nSPS) is 22.0. The third-order valence-electron chi connectivity index (χ3n) is 3.70. The van der Waals surface area contributed by atoms with Crippen molar-refractivity contribution in [1.29, 1.82) is 0 Å². The zero-order chi connectivity index (χ0) is 15.0. The van der Waals surface area contributed by atoms with Gasteiger partial charge in [-0.05, 0) is 23.4 Å². The number of hydrogen-bond donors (Lipinski definition) is 1. The fraction of sp³-hybridized carbons (Fsp3) is 0.462. The molecule has 1 fully saturated rings. The van der Waals surface area contributed by atoms with Crippen LogP contribution in [0.4, 0.5) is 4.79 Å². The van der Waals surface area contributed by atoms with E-state index in [1.807, 2.05) is 5.38 Å². The molecular weight excluding hydrogens is 296 g/mol. The van der Waals surface area contributed by atoms with Crippen LogP contribution in [0.3, 0.4) is 0 Å². The minimum atomic E-state index is -0.980. The van der Waals surface area contributed by atoms with E-state index in [2.05, 4.69) is 0 Å². The van der Waals surface area contributed by atoms with Gasteiger partial charge in [-0.2, -0.15) is 0 Å². The van der Waals surface area contributed by atoms with E-state index in [9.17, 15) is 19.5 Å². The molecule has 8 heteroatoms. The molecule has 112 valence electrons. The Bertz CT molecular complexity index is 599. The molecule has 1 atom stereocenters. The number of rotatable bonds is 3. The molecule has 1 unspecified atom stereocenters. The van der Waals surface area contributed by atoms with E-state index in [1.54, 1.807) is 11.0 Å². The number of aliphatic carboxylic acids is 1. The predicted octanol–water partition coefficient (Wildman–Crippen LogP) is 0.711. The quantitative estimate of drug-likeness (QED) is 0.885. The lowest BCUT2D eigenvalue weighted by molar-refractivity contribution is -0.145. The highest BCUT2D eigenvalue weighted by atomic mass is 32.1. The molecule has 0 aromatic carbocycles. The van der Waals surface area contributed by atoms with Crippen molar-refractivity contribution in [2.45, 2.75) is 12.5 Å². The fourth-order valence-electron chi connectivity index (χ4n) is 2.71. The highest BCUT2D eigenvalue weighted by Crippen LogP contribution is 2.33. The van der Waals surface area contributed by atoms with Gasteiger partial charge >= 0.3 is 12.1 Å². The minimum Gasteiger partial charge on any atom is -0.480 e. The summed E-state index contributed by atoms with van der Waals surface area (Å²) in [6.45, 7) is 0.815. The maximum atomic E-state index is 12.1. The second kappa shape index (κ2) is 5.45. The van der Waals surface area contributed by atoms with E-state index in [1.165, 1.54) is 11.3 Å². The van der Waals surface area contributed by atoms with Gasteiger partial charge in [0.15, 0.2) is 0 Å². The number of carbonyl (C=O) groups excluding carboxylic acids is 2. The van der Waals surface area contributed by atoms with Crippen LogP contribution < -0.4 is 0 Å². The lowest BCUT2D eigenvalue weighted by Crippen LogP contribution is -2.46. The second-order valence-electron chi connectivity index (χ2n) is 4.92. The number of carbonyl (C=O) groups is 3. The number of imide groups is 1. The third kappa shape index (κ3) is 2.52. The molecule has 1 aromatic rings. The highest BCUT2D eigenvalue weighted by molar-refractivity contribution is 7.10. The molecule has 1 aromatic heterocycles. The number of carboxylic acid groups (broad SMARTS) is 1. The molecule has 2 aliphatic heterocycles. The molecule has 3 heterocycles. The first kappa shape index (κ1) is 14.0. The highest BCUT2D eigenvalue weighted by Gasteiger charge is 2.37. The monoisotopic (exact) mass is 310 g/mol. The molecule has 21 heavy (non-hydrogen) atoms. The molecule has 0 spiro atoms. The Morgan fingerprint density at radius 2 is 2.24 bits per heavy atom. The second-order valence-corrected chi connectivity index (χ2v) is 5.92. The first-order chi connectivity index (χ1) is 10.1. The molecule has 1 N–H and O–H groups in total. The fourth-order valence-corrected chi connectivity index (χ4v) is 3.61. The van der Waals surface area contributed by atoms with Crippen LogP contribution in [0.2, 0.25) is 0 Å². The largest absolute Gasteiger partial charge is 0.480 e. The van der Waals surface area contributed by atoms with Crippen LogP contribution in [0.1, 0.15) is 16.5 Å². The van der Waals surface area contributed by atoms with Gasteiger partial charge in [0.1, 0.15) is 12.6 Å². The average Bonchev–Trinajstić information content (AvgIpc) is 3.06. The van der Waals surface area contributed by atoms with Crippen molar-refractivity contribution in [2.24, 2.45) is 0 Å². The van der Waals surface area contributed by atoms with Crippen LogP contribution >= 0.6 is 11.3 Å². The Hall–Kier alpha value is -1.93. The standard InChI is InChI=1S/C13H14N2O5S/c16-10(15-4-5-20-13(15)19)7-14-3-1-9-8(2-6-21-9)11(14)12(17)18/h2,6,11H,1,3-5,7H2,(H,17,18). The molecule has 0 bridgehead atoms. The SMILES string of the molecule is O=C(O)C1c2ccsc2CCN1CC(=O)N1CCOC1=O. The molecule has 3 rings (SSSR count). The Morgan fingerprint density at radius 3 is 2.90 bits per heavy atom. The Balaban J connectivity index is 1.77. The molecule has 0 aliphatic carbocycles. The van der Waals surface area contributed by atoms with Crippen LogP contribution in [0.25, 0.3) is 0 Å². The lowest BCUT2D eigenvalue weighted by Gasteiger charge is -2.32. The van der Waals surface area contributed by atoms with Gasteiger partial charge < -0.3 is 9.84 Å². The van der Waals surface area contributed by atoms with Gasteiger partial charge in [0.25, 0.3) is 0 Å². The molecule has 0 radical (unpaired) electrons. The Kier molecular flexibility index (Phi) is 3.64. The van der Waals surface area contributed by atoms with Crippen LogP contribution in [-0.4, -0.2) is 59.1 Å². The van der Waals surface area contributed by atoms with Crippen molar-refractivity contribution in [3.8, 4) is 0 Å². The summed E-state index contributed by atoms with van der Waals surface area (Å²) in [6, 6.07) is 0.960. The molecule has 1 saturated heterocycles. The van der Waals surface area contributed by atoms with E-state index in [0.717, 1.165) is 15.3 Å². The predicted molar refractivity (Wildman–Crippen MR) is 73.0 cm³/mol. The first-order valence-electron chi connectivity index (χ1n) is 6.58. The number of amides is 2. The maximum absolute atomic E-state index is 12.1. The zero-order valence-corrected chi connectivity index (χ0v) is 12.0. The van der Waals surface area contributed by atoms with Crippen molar-refractivity contribution in [3.05, 3.63) is 21.9 Å². The smallest absolute Gasteiger partial charge is 0.416 e. The van der Waals surface area contributed by atoms with Gasteiger partial charge in [0, 0.05) is 11.4 Å². The summed E-state index contributed by atoms with van der Waals surface area (Å²) in [4.78, 5) is 38.7. The van der Waals surface area contributed by atoms with Crippen molar-refractivity contribution in [1.82, 2.24) is 9.80 Å². The van der Waals surface area contributed by atoms with E-state index >= 15 is 0 Å². The van der Waals surface area contributed by atoms with Crippen LogP contribution in [0.15, 0.2) is 11.4 Å². The maximum Gasteiger partial charge on any atom is 0.416 e. The summed E-state index contributed by atoms with van der Waals surface area (Å²) < 4.78 is 4.73. The average molecular weight is 310 g/mol. The van der Waals surface area contributed by atoms with Crippen molar-refractivity contribution in [3.63, 3.8) is 0 Å². The minimum absolute atomic E-state index is 0.0959. The summed E-state index contributed by atoms with van der Waals surface area (Å²) in [5, 5.41) is 11.3. The number of carboxylic acids is 1. The van der Waals surface area contributed by atoms with Crippen LogP contribution in [-0.2, 0) is 20.7 Å². The molecular formula is C13H14N2O5S. The Labute approximate surface area is 124 Å².